The first-order valence-corrected chi connectivity index (χ1v) is 9.72. The highest BCUT2D eigenvalue weighted by molar-refractivity contribution is 8.00. The highest BCUT2D eigenvalue weighted by Crippen LogP contribution is 2.24. The lowest BCUT2D eigenvalue weighted by molar-refractivity contribution is -0.115. The number of aromatic nitrogens is 3. The normalized spacial score (nSPS) is 11.7. The third-order valence-electron chi connectivity index (χ3n) is 4.12. The predicted molar refractivity (Wildman–Crippen MR) is 109 cm³/mol. The summed E-state index contributed by atoms with van der Waals surface area (Å²) in [6.07, 6.45) is 0. The van der Waals surface area contributed by atoms with Crippen LogP contribution in [-0.4, -0.2) is 33.0 Å². The van der Waals surface area contributed by atoms with Crippen molar-refractivity contribution >= 4 is 23.4 Å². The van der Waals surface area contributed by atoms with Crippen LogP contribution in [0.3, 0.4) is 0 Å². The first-order chi connectivity index (χ1) is 14.0. The van der Waals surface area contributed by atoms with Crippen molar-refractivity contribution in [3.63, 3.8) is 0 Å². The fourth-order valence-electron chi connectivity index (χ4n) is 2.38. The molecule has 1 aromatic heterocycles. The van der Waals surface area contributed by atoms with Crippen molar-refractivity contribution in [3.8, 4) is 11.5 Å². The molecule has 29 heavy (non-hydrogen) atoms. The number of rotatable bonds is 8. The Kier molecular flexibility index (Phi) is 6.71. The Morgan fingerprint density at radius 2 is 1.79 bits per heavy atom. The van der Waals surface area contributed by atoms with E-state index >= 15 is 0 Å². The van der Waals surface area contributed by atoms with Gasteiger partial charge < -0.3 is 19.4 Å². The number of nitrogens with one attached hydrogen (secondary N) is 1. The molecule has 1 N–H and O–H groups in total. The number of hydrogen-bond donors (Lipinski definition) is 1. The van der Waals surface area contributed by atoms with Crippen LogP contribution >= 0.6 is 11.8 Å². The number of ether oxygens (including phenoxy) is 2. The minimum Gasteiger partial charge on any atom is -0.497 e. The molecule has 0 bridgehead atoms. The van der Waals surface area contributed by atoms with Gasteiger partial charge in [-0.1, -0.05) is 11.8 Å². The van der Waals surface area contributed by atoms with Gasteiger partial charge in [0.2, 0.25) is 5.91 Å². The Labute approximate surface area is 172 Å². The first-order valence-electron chi connectivity index (χ1n) is 8.84. The highest BCUT2D eigenvalue weighted by Gasteiger charge is 2.19. The molecule has 9 heteroatoms. The Morgan fingerprint density at radius 3 is 2.45 bits per heavy atom. The molecule has 1 amide bonds. The quantitative estimate of drug-likeness (QED) is 0.565. The molecule has 0 aliphatic carbocycles. The number of thioether (sulfide) groups is 1. The molecule has 0 aliphatic heterocycles. The number of hydrogen-bond acceptors (Lipinski definition) is 6. The van der Waals surface area contributed by atoms with Crippen molar-refractivity contribution in [2.75, 3.05) is 12.4 Å². The molecule has 1 atom stereocenters. The average Bonchev–Trinajstić information content (AvgIpc) is 3.07. The van der Waals surface area contributed by atoms with Crippen LogP contribution in [0.25, 0.3) is 0 Å². The van der Waals surface area contributed by atoms with Crippen LogP contribution in [0.2, 0.25) is 0 Å². The van der Waals surface area contributed by atoms with E-state index in [0.29, 0.717) is 22.4 Å². The summed E-state index contributed by atoms with van der Waals surface area (Å²) in [7, 11) is 3.43. The lowest BCUT2D eigenvalue weighted by Gasteiger charge is -2.12. The van der Waals surface area contributed by atoms with E-state index in [1.54, 1.807) is 18.6 Å². The Bertz CT molecular complexity index is 961. The van der Waals surface area contributed by atoms with Crippen LogP contribution < -0.4 is 14.8 Å². The molecule has 2 aromatic carbocycles. The molecule has 0 aliphatic rings. The molecule has 0 unspecified atom stereocenters. The molecule has 0 saturated heterocycles. The largest absolute Gasteiger partial charge is 0.497 e. The monoisotopic (exact) mass is 416 g/mol. The minimum absolute atomic E-state index is 0.208. The summed E-state index contributed by atoms with van der Waals surface area (Å²) in [5.41, 5.74) is 0.537. The van der Waals surface area contributed by atoms with E-state index in [4.69, 9.17) is 9.47 Å². The number of carbonyl (C=O) groups is 1. The molecular formula is C20H21FN4O3S. The fourth-order valence-corrected chi connectivity index (χ4v) is 3.22. The van der Waals surface area contributed by atoms with Gasteiger partial charge in [0.05, 0.1) is 12.4 Å². The summed E-state index contributed by atoms with van der Waals surface area (Å²) in [6, 6.07) is 12.9. The second-order valence-electron chi connectivity index (χ2n) is 6.18. The van der Waals surface area contributed by atoms with Crippen molar-refractivity contribution < 1.29 is 18.7 Å². The van der Waals surface area contributed by atoms with Gasteiger partial charge in [0.1, 0.15) is 23.9 Å². The summed E-state index contributed by atoms with van der Waals surface area (Å²) in [4.78, 5) is 12.4. The van der Waals surface area contributed by atoms with E-state index in [0.717, 1.165) is 5.75 Å². The third-order valence-corrected chi connectivity index (χ3v) is 5.25. The Hall–Kier alpha value is -3.07. The highest BCUT2D eigenvalue weighted by atomic mass is 32.2. The summed E-state index contributed by atoms with van der Waals surface area (Å²) in [6.45, 7) is 2.01. The van der Waals surface area contributed by atoms with E-state index in [9.17, 15) is 9.18 Å². The maximum absolute atomic E-state index is 13.0. The van der Waals surface area contributed by atoms with Crippen LogP contribution in [0.15, 0.2) is 53.7 Å². The van der Waals surface area contributed by atoms with Crippen LogP contribution in [0.5, 0.6) is 11.5 Å². The smallest absolute Gasteiger partial charge is 0.237 e. The number of halogens is 1. The second-order valence-corrected chi connectivity index (χ2v) is 7.49. The lowest BCUT2D eigenvalue weighted by atomic mass is 10.3. The van der Waals surface area contributed by atoms with Crippen molar-refractivity contribution in [1.29, 1.82) is 0 Å². The van der Waals surface area contributed by atoms with Crippen molar-refractivity contribution in [3.05, 3.63) is 60.2 Å². The number of benzene rings is 2. The van der Waals surface area contributed by atoms with Crippen LogP contribution in [0, 0.1) is 5.82 Å². The maximum atomic E-state index is 13.0. The molecule has 3 rings (SSSR count). The van der Waals surface area contributed by atoms with Gasteiger partial charge in [0.15, 0.2) is 11.0 Å². The maximum Gasteiger partial charge on any atom is 0.237 e. The molecule has 152 valence electrons. The molecule has 0 fully saturated rings. The minimum atomic E-state index is -0.418. The van der Waals surface area contributed by atoms with E-state index in [1.165, 1.54) is 36.0 Å². The number of carbonyl (C=O) groups excluding carboxylic acids is 1. The number of methoxy groups -OCH3 is 1. The zero-order valence-electron chi connectivity index (χ0n) is 16.3. The lowest BCUT2D eigenvalue weighted by Crippen LogP contribution is -2.22. The van der Waals surface area contributed by atoms with Gasteiger partial charge >= 0.3 is 0 Å². The SMILES string of the molecule is COc1ccc(OCc2nnc(S[C@H](C)C(=O)Nc3ccc(F)cc3)n2C)cc1. The van der Waals surface area contributed by atoms with Gasteiger partial charge in [0, 0.05) is 12.7 Å². The van der Waals surface area contributed by atoms with Gasteiger partial charge in [-0.2, -0.15) is 0 Å². The number of nitrogens with zero attached hydrogens (tertiary/aromatic N) is 3. The Morgan fingerprint density at radius 1 is 1.14 bits per heavy atom. The summed E-state index contributed by atoms with van der Waals surface area (Å²) >= 11 is 1.28. The standard InChI is InChI=1S/C20H21FN4O3S/c1-13(19(26)22-15-6-4-14(21)5-7-15)29-20-24-23-18(25(20)2)12-28-17-10-8-16(27-3)9-11-17/h4-11,13H,12H2,1-3H3,(H,22,26)/t13-/m1/s1. The van der Waals surface area contributed by atoms with Gasteiger partial charge in [-0.25, -0.2) is 4.39 Å². The zero-order chi connectivity index (χ0) is 20.8. The van der Waals surface area contributed by atoms with E-state index in [-0.39, 0.29) is 18.3 Å². The van der Waals surface area contributed by atoms with Gasteiger partial charge in [0.25, 0.3) is 0 Å². The summed E-state index contributed by atoms with van der Waals surface area (Å²) in [5.74, 6) is 1.52. The topological polar surface area (TPSA) is 78.3 Å². The van der Waals surface area contributed by atoms with Gasteiger partial charge in [-0.05, 0) is 55.5 Å². The Balaban J connectivity index is 1.56. The van der Waals surface area contributed by atoms with Gasteiger partial charge in [-0.15, -0.1) is 10.2 Å². The molecular weight excluding hydrogens is 395 g/mol. The molecule has 0 radical (unpaired) electrons. The predicted octanol–water partition coefficient (Wildman–Crippen LogP) is 3.66. The molecule has 7 nitrogen and oxygen atoms in total. The van der Waals surface area contributed by atoms with Crippen molar-refractivity contribution in [1.82, 2.24) is 14.8 Å². The van der Waals surface area contributed by atoms with Crippen molar-refractivity contribution in [2.24, 2.45) is 7.05 Å². The summed E-state index contributed by atoms with van der Waals surface area (Å²) in [5, 5.41) is 11.2. The fraction of sp³-hybridized carbons (Fsp3) is 0.250. The molecule has 1 heterocycles. The number of anilines is 1. The second kappa shape index (κ2) is 9.42. The molecule has 0 saturated carbocycles. The molecule has 0 spiro atoms. The van der Waals surface area contributed by atoms with E-state index < -0.39 is 5.25 Å². The van der Waals surface area contributed by atoms with Crippen LogP contribution in [0.4, 0.5) is 10.1 Å². The average molecular weight is 416 g/mol. The third kappa shape index (κ3) is 5.47. The summed E-state index contributed by atoms with van der Waals surface area (Å²) < 4.78 is 25.6. The van der Waals surface area contributed by atoms with Gasteiger partial charge in [-0.3, -0.25) is 4.79 Å². The molecule has 3 aromatic rings. The van der Waals surface area contributed by atoms with E-state index in [2.05, 4.69) is 15.5 Å². The zero-order valence-corrected chi connectivity index (χ0v) is 17.1. The number of amides is 1. The van der Waals surface area contributed by atoms with E-state index in [1.807, 2.05) is 31.3 Å². The van der Waals surface area contributed by atoms with Crippen LogP contribution in [-0.2, 0) is 18.4 Å². The van der Waals surface area contributed by atoms with Crippen molar-refractivity contribution in [2.45, 2.75) is 23.9 Å². The first kappa shape index (κ1) is 20.7. The van der Waals surface area contributed by atoms with Crippen LogP contribution in [0.1, 0.15) is 12.7 Å².